The molecule has 1 aromatic carbocycles. The lowest BCUT2D eigenvalue weighted by Gasteiger charge is -2.33. The summed E-state index contributed by atoms with van der Waals surface area (Å²) in [6, 6.07) is 7.75. The Morgan fingerprint density at radius 3 is 2.71 bits per heavy atom. The highest BCUT2D eigenvalue weighted by molar-refractivity contribution is 6.30. The van der Waals surface area contributed by atoms with Crippen LogP contribution >= 0.6 is 11.6 Å². The van der Waals surface area contributed by atoms with Gasteiger partial charge in [0.2, 0.25) is 11.7 Å². The number of likely N-dealkylation sites (tertiary alicyclic amines) is 1. The van der Waals surface area contributed by atoms with Crippen molar-refractivity contribution >= 4 is 17.6 Å². The van der Waals surface area contributed by atoms with Crippen LogP contribution in [0.2, 0.25) is 5.02 Å². The van der Waals surface area contributed by atoms with Gasteiger partial charge in [-0.1, -0.05) is 16.8 Å². The maximum Gasteiger partial charge on any atom is 0.248 e. The van der Waals surface area contributed by atoms with Crippen molar-refractivity contribution < 1.29 is 9.26 Å². The molecule has 31 heavy (non-hydrogen) atoms. The summed E-state index contributed by atoms with van der Waals surface area (Å²) in [6.07, 6.45) is 2.44. The first-order valence-corrected chi connectivity index (χ1v) is 11.4. The van der Waals surface area contributed by atoms with Crippen LogP contribution in [0.5, 0.6) is 0 Å². The van der Waals surface area contributed by atoms with Crippen LogP contribution in [0.25, 0.3) is 11.4 Å². The summed E-state index contributed by atoms with van der Waals surface area (Å²) in [5, 5.41) is 11.6. The van der Waals surface area contributed by atoms with Gasteiger partial charge in [-0.3, -0.25) is 0 Å². The quantitative estimate of drug-likeness (QED) is 0.449. The lowest BCUT2D eigenvalue weighted by Crippen LogP contribution is -2.49. The third kappa shape index (κ3) is 7.79. The fourth-order valence-electron chi connectivity index (χ4n) is 3.41. The summed E-state index contributed by atoms with van der Waals surface area (Å²) >= 11 is 5.94. The van der Waals surface area contributed by atoms with Crippen molar-refractivity contribution in [1.29, 1.82) is 0 Å². The first-order valence-electron chi connectivity index (χ1n) is 11.0. The van der Waals surface area contributed by atoms with Crippen LogP contribution in [-0.4, -0.2) is 65.9 Å². The van der Waals surface area contributed by atoms with Gasteiger partial charge in [0.1, 0.15) is 6.54 Å². The Balaban J connectivity index is 1.49. The van der Waals surface area contributed by atoms with E-state index in [9.17, 15) is 0 Å². The van der Waals surface area contributed by atoms with E-state index in [0.29, 0.717) is 35.4 Å². The molecule has 0 amide bonds. The van der Waals surface area contributed by atoms with Crippen molar-refractivity contribution in [2.45, 2.75) is 52.3 Å². The van der Waals surface area contributed by atoms with E-state index in [2.05, 4.69) is 51.4 Å². The molecule has 2 aromatic rings. The number of rotatable bonds is 9. The van der Waals surface area contributed by atoms with Gasteiger partial charge in [0.25, 0.3) is 0 Å². The van der Waals surface area contributed by atoms with E-state index >= 15 is 0 Å². The SMILES string of the molecule is CCNC(=NCc1nc(-c2ccc(Cl)cc2)no1)NC1CCN(CCOC(C)C)CC1. The molecular weight excluding hydrogens is 416 g/mol. The van der Waals surface area contributed by atoms with Crippen LogP contribution < -0.4 is 10.6 Å². The highest BCUT2D eigenvalue weighted by Gasteiger charge is 2.20. The number of halogens is 1. The molecule has 1 fully saturated rings. The van der Waals surface area contributed by atoms with Gasteiger partial charge in [0, 0.05) is 42.8 Å². The standard InChI is InChI=1S/C22H33ClN6O2/c1-4-24-22(26-19-9-11-29(12-10-19)13-14-30-16(2)3)25-15-20-27-21(28-31-20)17-5-7-18(23)8-6-17/h5-8,16,19H,4,9-15H2,1-3H3,(H2,24,25,26). The molecule has 8 nitrogen and oxygen atoms in total. The zero-order chi connectivity index (χ0) is 22.1. The van der Waals surface area contributed by atoms with Crippen molar-refractivity contribution in [3.63, 3.8) is 0 Å². The molecule has 0 bridgehead atoms. The molecule has 2 heterocycles. The number of benzene rings is 1. The van der Waals surface area contributed by atoms with Gasteiger partial charge in [-0.2, -0.15) is 4.98 Å². The van der Waals surface area contributed by atoms with Crippen LogP contribution in [0, 0.1) is 0 Å². The lowest BCUT2D eigenvalue weighted by molar-refractivity contribution is 0.0532. The maximum absolute atomic E-state index is 5.94. The van der Waals surface area contributed by atoms with Crippen molar-refractivity contribution in [2.24, 2.45) is 4.99 Å². The molecule has 0 saturated carbocycles. The van der Waals surface area contributed by atoms with Gasteiger partial charge in [-0.15, -0.1) is 0 Å². The molecule has 0 spiro atoms. The molecule has 3 rings (SSSR count). The number of hydrogen-bond acceptors (Lipinski definition) is 6. The van der Waals surface area contributed by atoms with E-state index in [1.807, 2.05) is 12.1 Å². The first-order chi connectivity index (χ1) is 15.0. The fraction of sp³-hybridized carbons (Fsp3) is 0.591. The Hall–Kier alpha value is -2.16. The maximum atomic E-state index is 5.94. The largest absolute Gasteiger partial charge is 0.377 e. The van der Waals surface area contributed by atoms with Gasteiger partial charge < -0.3 is 24.8 Å². The Labute approximate surface area is 189 Å². The van der Waals surface area contributed by atoms with Crippen molar-refractivity contribution in [2.75, 3.05) is 32.8 Å². The number of aromatic nitrogens is 2. The molecule has 1 saturated heterocycles. The Bertz CT molecular complexity index is 816. The smallest absolute Gasteiger partial charge is 0.248 e. The molecule has 0 atom stereocenters. The normalized spacial score (nSPS) is 16.1. The summed E-state index contributed by atoms with van der Waals surface area (Å²) in [5.74, 6) is 1.78. The molecule has 1 aromatic heterocycles. The number of nitrogens with one attached hydrogen (secondary N) is 2. The minimum Gasteiger partial charge on any atom is -0.377 e. The second kappa shape index (κ2) is 12.0. The van der Waals surface area contributed by atoms with Crippen molar-refractivity contribution in [1.82, 2.24) is 25.7 Å². The predicted octanol–water partition coefficient (Wildman–Crippen LogP) is 3.33. The topological polar surface area (TPSA) is 87.8 Å². The molecular formula is C22H33ClN6O2. The average Bonchev–Trinajstić information content (AvgIpc) is 3.23. The van der Waals surface area contributed by atoms with Gasteiger partial charge in [-0.05, 0) is 57.9 Å². The minimum atomic E-state index is 0.291. The van der Waals surface area contributed by atoms with Crippen molar-refractivity contribution in [3.05, 3.63) is 35.2 Å². The third-order valence-electron chi connectivity index (χ3n) is 5.07. The molecule has 2 N–H and O–H groups in total. The monoisotopic (exact) mass is 448 g/mol. The van der Waals surface area contributed by atoms with E-state index in [0.717, 1.165) is 57.2 Å². The van der Waals surface area contributed by atoms with Gasteiger partial charge in [-0.25, -0.2) is 4.99 Å². The molecule has 9 heteroatoms. The number of aliphatic imine (C=N–C) groups is 1. The average molecular weight is 449 g/mol. The van der Waals surface area contributed by atoms with Crippen LogP contribution in [0.3, 0.4) is 0 Å². The van der Waals surface area contributed by atoms with E-state index in [1.54, 1.807) is 12.1 Å². The molecule has 0 unspecified atom stereocenters. The molecule has 1 aliphatic heterocycles. The summed E-state index contributed by atoms with van der Waals surface area (Å²) in [5.41, 5.74) is 0.860. The van der Waals surface area contributed by atoms with Crippen LogP contribution in [0.1, 0.15) is 39.5 Å². The fourth-order valence-corrected chi connectivity index (χ4v) is 3.54. The van der Waals surface area contributed by atoms with E-state index in [-0.39, 0.29) is 0 Å². The number of piperidine rings is 1. The van der Waals surface area contributed by atoms with Gasteiger partial charge in [0.05, 0.1) is 12.7 Å². The third-order valence-corrected chi connectivity index (χ3v) is 5.33. The Morgan fingerprint density at radius 2 is 2.03 bits per heavy atom. The summed E-state index contributed by atoms with van der Waals surface area (Å²) in [6.45, 7) is 11.2. The minimum absolute atomic E-state index is 0.291. The van der Waals surface area contributed by atoms with Crippen molar-refractivity contribution in [3.8, 4) is 11.4 Å². The second-order valence-electron chi connectivity index (χ2n) is 7.89. The van der Waals surface area contributed by atoms with E-state index in [4.69, 9.17) is 20.9 Å². The number of hydrogen-bond donors (Lipinski definition) is 2. The molecule has 1 aliphatic rings. The lowest BCUT2D eigenvalue weighted by atomic mass is 10.1. The van der Waals surface area contributed by atoms with E-state index in [1.165, 1.54) is 0 Å². The summed E-state index contributed by atoms with van der Waals surface area (Å²) in [4.78, 5) is 11.5. The summed E-state index contributed by atoms with van der Waals surface area (Å²) in [7, 11) is 0. The molecule has 0 radical (unpaired) electrons. The number of nitrogens with zero attached hydrogens (tertiary/aromatic N) is 4. The summed E-state index contributed by atoms with van der Waals surface area (Å²) < 4.78 is 11.0. The van der Waals surface area contributed by atoms with Crippen LogP contribution in [0.15, 0.2) is 33.8 Å². The first kappa shape index (κ1) is 23.5. The highest BCUT2D eigenvalue weighted by Crippen LogP contribution is 2.19. The van der Waals surface area contributed by atoms with Gasteiger partial charge in [0.15, 0.2) is 5.96 Å². The zero-order valence-corrected chi connectivity index (χ0v) is 19.4. The molecule has 170 valence electrons. The van der Waals surface area contributed by atoms with Crippen LogP contribution in [-0.2, 0) is 11.3 Å². The molecule has 0 aliphatic carbocycles. The highest BCUT2D eigenvalue weighted by atomic mass is 35.5. The zero-order valence-electron chi connectivity index (χ0n) is 18.6. The predicted molar refractivity (Wildman–Crippen MR) is 123 cm³/mol. The Kier molecular flexibility index (Phi) is 9.12. The van der Waals surface area contributed by atoms with Gasteiger partial charge >= 0.3 is 0 Å². The number of ether oxygens (including phenoxy) is 1. The second-order valence-corrected chi connectivity index (χ2v) is 8.33. The number of guanidine groups is 1. The van der Waals surface area contributed by atoms with E-state index < -0.39 is 0 Å². The Morgan fingerprint density at radius 1 is 1.29 bits per heavy atom. The van der Waals surface area contributed by atoms with Crippen LogP contribution in [0.4, 0.5) is 0 Å².